The van der Waals surface area contributed by atoms with Crippen molar-refractivity contribution in [2.75, 3.05) is 6.61 Å². The van der Waals surface area contributed by atoms with Gasteiger partial charge in [-0.15, -0.1) is 0 Å². The van der Waals surface area contributed by atoms with E-state index in [2.05, 4.69) is 5.10 Å². The summed E-state index contributed by atoms with van der Waals surface area (Å²) in [6.45, 7) is 4.82. The molecule has 0 aromatic rings. The van der Waals surface area contributed by atoms with E-state index in [1.54, 1.807) is 6.92 Å². The highest BCUT2D eigenvalue weighted by molar-refractivity contribution is 6.19. The number of nitrogens with two attached hydrogens (primary N) is 1. The molecule has 0 rings (SSSR count). The summed E-state index contributed by atoms with van der Waals surface area (Å²) in [7, 11) is 0. The number of esters is 1. The van der Waals surface area contributed by atoms with Crippen LogP contribution in [0.2, 0.25) is 0 Å². The molecule has 0 radical (unpaired) electrons. The highest BCUT2D eigenvalue weighted by atomic mass is 16.5. The fourth-order valence-electron chi connectivity index (χ4n) is 0.825. The van der Waals surface area contributed by atoms with Gasteiger partial charge in [-0.1, -0.05) is 0 Å². The number of ether oxygens (including phenoxy) is 1. The van der Waals surface area contributed by atoms with Crippen LogP contribution in [0.3, 0.4) is 0 Å². The zero-order valence-corrected chi connectivity index (χ0v) is 8.00. The molecule has 5 heteroatoms. The van der Waals surface area contributed by atoms with Crippen molar-refractivity contribution >= 4 is 11.7 Å². The molecular formula is C8H14N2O3. The highest BCUT2D eigenvalue weighted by Gasteiger charge is 2.17. The summed E-state index contributed by atoms with van der Waals surface area (Å²) < 4.78 is 4.70. The van der Waals surface area contributed by atoms with Crippen LogP contribution in [-0.4, -0.2) is 23.4 Å². The SMILES string of the molecule is CCOC(=O)C(/C(C)=N/N)=C(\C)O. The van der Waals surface area contributed by atoms with E-state index in [0.717, 1.165) is 0 Å². The number of aliphatic hydroxyl groups excluding tert-OH is 1. The lowest BCUT2D eigenvalue weighted by molar-refractivity contribution is -0.138. The van der Waals surface area contributed by atoms with Gasteiger partial charge in [0, 0.05) is 0 Å². The second-order valence-corrected chi connectivity index (χ2v) is 2.40. The largest absolute Gasteiger partial charge is 0.512 e. The molecule has 0 saturated heterocycles. The number of hydrogen-bond donors (Lipinski definition) is 2. The average Bonchev–Trinajstić information content (AvgIpc) is 2.04. The molecule has 13 heavy (non-hydrogen) atoms. The molecule has 0 bridgehead atoms. The third kappa shape index (κ3) is 3.14. The topological polar surface area (TPSA) is 84.9 Å². The molecule has 0 saturated carbocycles. The summed E-state index contributed by atoms with van der Waals surface area (Å²) in [5, 5.41) is 12.5. The standard InChI is InChI=1S/C8H14N2O3/c1-4-13-8(12)7(6(3)11)5(2)10-9/h11H,4,9H2,1-3H3/b7-6+,10-5+. The van der Waals surface area contributed by atoms with Crippen molar-refractivity contribution < 1.29 is 14.6 Å². The molecule has 5 nitrogen and oxygen atoms in total. The Morgan fingerprint density at radius 3 is 2.38 bits per heavy atom. The maximum Gasteiger partial charge on any atom is 0.343 e. The summed E-state index contributed by atoms with van der Waals surface area (Å²) in [6, 6.07) is 0. The van der Waals surface area contributed by atoms with Gasteiger partial charge in [0.2, 0.25) is 0 Å². The highest BCUT2D eigenvalue weighted by Crippen LogP contribution is 2.06. The van der Waals surface area contributed by atoms with Gasteiger partial charge >= 0.3 is 5.97 Å². The van der Waals surface area contributed by atoms with Crippen LogP contribution < -0.4 is 5.84 Å². The van der Waals surface area contributed by atoms with Crippen LogP contribution in [0, 0.1) is 0 Å². The Kier molecular flexibility index (Phi) is 4.58. The van der Waals surface area contributed by atoms with E-state index in [4.69, 9.17) is 15.7 Å². The molecule has 0 spiro atoms. The second kappa shape index (κ2) is 5.18. The van der Waals surface area contributed by atoms with Crippen LogP contribution >= 0.6 is 0 Å². The quantitative estimate of drug-likeness (QED) is 0.170. The predicted molar refractivity (Wildman–Crippen MR) is 49.3 cm³/mol. The summed E-state index contributed by atoms with van der Waals surface area (Å²) >= 11 is 0. The fourth-order valence-corrected chi connectivity index (χ4v) is 0.825. The summed E-state index contributed by atoms with van der Waals surface area (Å²) in [5.74, 6) is 4.22. The Balaban J connectivity index is 4.86. The molecule has 0 aliphatic rings. The van der Waals surface area contributed by atoms with Crippen LogP contribution in [0.25, 0.3) is 0 Å². The normalized spacial score (nSPS) is 13.6. The summed E-state index contributed by atoms with van der Waals surface area (Å²) in [6.07, 6.45) is 0. The first kappa shape index (κ1) is 11.5. The molecule has 0 fully saturated rings. The predicted octanol–water partition coefficient (Wildman–Crippen LogP) is 0.716. The van der Waals surface area contributed by atoms with Gasteiger partial charge in [-0.3, -0.25) is 0 Å². The maximum absolute atomic E-state index is 11.2. The van der Waals surface area contributed by atoms with Crippen LogP contribution in [0.5, 0.6) is 0 Å². The van der Waals surface area contributed by atoms with E-state index in [1.807, 2.05) is 0 Å². The van der Waals surface area contributed by atoms with Crippen molar-refractivity contribution in [2.45, 2.75) is 20.8 Å². The second-order valence-electron chi connectivity index (χ2n) is 2.40. The maximum atomic E-state index is 11.2. The number of hydrogen-bond acceptors (Lipinski definition) is 5. The van der Waals surface area contributed by atoms with Crippen LogP contribution in [-0.2, 0) is 9.53 Å². The van der Waals surface area contributed by atoms with Gasteiger partial charge in [0.1, 0.15) is 11.3 Å². The van der Waals surface area contributed by atoms with Gasteiger partial charge in [-0.25, -0.2) is 4.79 Å². The lowest BCUT2D eigenvalue weighted by Crippen LogP contribution is -2.16. The minimum atomic E-state index is -0.616. The van der Waals surface area contributed by atoms with Crippen LogP contribution in [0.15, 0.2) is 16.4 Å². The number of carbonyl (C=O) groups is 1. The number of allylic oxidation sites excluding steroid dienone is 1. The first-order valence-electron chi connectivity index (χ1n) is 3.86. The molecular weight excluding hydrogens is 172 g/mol. The molecule has 0 aromatic heterocycles. The third-order valence-corrected chi connectivity index (χ3v) is 1.40. The van der Waals surface area contributed by atoms with Gasteiger partial charge in [-0.2, -0.15) is 5.10 Å². The van der Waals surface area contributed by atoms with Crippen molar-refractivity contribution in [1.82, 2.24) is 0 Å². The Labute approximate surface area is 76.9 Å². The minimum Gasteiger partial charge on any atom is -0.512 e. The van der Waals surface area contributed by atoms with Crippen molar-refractivity contribution in [1.29, 1.82) is 0 Å². The number of aliphatic hydroxyl groups is 1. The zero-order valence-electron chi connectivity index (χ0n) is 8.00. The average molecular weight is 186 g/mol. The molecule has 0 aromatic carbocycles. The fraction of sp³-hybridized carbons (Fsp3) is 0.500. The number of carbonyl (C=O) groups excluding carboxylic acids is 1. The molecule has 0 aliphatic heterocycles. The summed E-state index contributed by atoms with van der Waals surface area (Å²) in [5.41, 5.74) is 0.266. The van der Waals surface area contributed by atoms with E-state index >= 15 is 0 Å². The van der Waals surface area contributed by atoms with Gasteiger partial charge < -0.3 is 15.7 Å². The molecule has 0 heterocycles. The van der Waals surface area contributed by atoms with Gasteiger partial charge in [0.15, 0.2) is 0 Å². The lowest BCUT2D eigenvalue weighted by atomic mass is 10.1. The first-order valence-corrected chi connectivity index (χ1v) is 3.86. The first-order chi connectivity index (χ1) is 6.04. The molecule has 0 aliphatic carbocycles. The monoisotopic (exact) mass is 186 g/mol. The van der Waals surface area contributed by atoms with Gasteiger partial charge in [0.05, 0.1) is 12.3 Å². The number of rotatable bonds is 3. The Hall–Kier alpha value is -1.52. The summed E-state index contributed by atoms with van der Waals surface area (Å²) in [4.78, 5) is 11.2. The lowest BCUT2D eigenvalue weighted by Gasteiger charge is -2.06. The Bertz CT molecular complexity index is 252. The Morgan fingerprint density at radius 1 is 1.54 bits per heavy atom. The van der Waals surface area contributed by atoms with Crippen molar-refractivity contribution in [2.24, 2.45) is 10.9 Å². The number of nitrogens with zero attached hydrogens (tertiary/aromatic N) is 1. The zero-order chi connectivity index (χ0) is 10.4. The minimum absolute atomic E-state index is 0.0179. The molecule has 3 N–H and O–H groups in total. The van der Waals surface area contributed by atoms with Crippen molar-refractivity contribution in [3.63, 3.8) is 0 Å². The van der Waals surface area contributed by atoms with E-state index in [1.165, 1.54) is 13.8 Å². The van der Waals surface area contributed by atoms with Crippen LogP contribution in [0.4, 0.5) is 0 Å². The molecule has 74 valence electrons. The van der Waals surface area contributed by atoms with Crippen molar-refractivity contribution in [3.8, 4) is 0 Å². The number of hydrazone groups is 1. The van der Waals surface area contributed by atoms with Gasteiger partial charge in [-0.05, 0) is 20.8 Å². The smallest absolute Gasteiger partial charge is 0.343 e. The van der Waals surface area contributed by atoms with Gasteiger partial charge in [0.25, 0.3) is 0 Å². The Morgan fingerprint density at radius 2 is 2.08 bits per heavy atom. The van der Waals surface area contributed by atoms with E-state index < -0.39 is 5.97 Å². The molecule has 0 atom stereocenters. The third-order valence-electron chi connectivity index (χ3n) is 1.40. The molecule has 0 amide bonds. The van der Waals surface area contributed by atoms with Crippen LogP contribution in [0.1, 0.15) is 20.8 Å². The van der Waals surface area contributed by atoms with E-state index in [-0.39, 0.29) is 23.7 Å². The van der Waals surface area contributed by atoms with E-state index in [0.29, 0.717) is 0 Å². The molecule has 0 unspecified atom stereocenters. The van der Waals surface area contributed by atoms with E-state index in [9.17, 15) is 4.79 Å². The van der Waals surface area contributed by atoms with Crippen molar-refractivity contribution in [3.05, 3.63) is 11.3 Å².